The Labute approximate surface area is 404 Å². The molecule has 67 heavy (non-hydrogen) atoms. The Balaban J connectivity index is 0.000000147. The number of rotatable bonds is 0. The van der Waals surface area contributed by atoms with Gasteiger partial charge in [0.2, 0.25) is 0 Å². The van der Waals surface area contributed by atoms with Crippen LogP contribution >= 0.6 is 0 Å². The topological polar surface area (TPSA) is 12.9 Å². The van der Waals surface area contributed by atoms with E-state index in [0.29, 0.717) is 11.8 Å². The molecule has 342 valence electrons. The number of hydrogen-bond acceptors (Lipinski definition) is 1. The second-order valence-corrected chi connectivity index (χ2v) is 19.7. The largest absolute Gasteiger partial charge is 0.262 e. The fourth-order valence-corrected chi connectivity index (χ4v) is 9.11. The summed E-state index contributed by atoms with van der Waals surface area (Å²) in [6, 6.07) is 68.9. The summed E-state index contributed by atoms with van der Waals surface area (Å²) < 4.78 is 0. The van der Waals surface area contributed by atoms with Crippen LogP contribution in [0.3, 0.4) is 0 Å². The molecule has 2 aliphatic carbocycles. The van der Waals surface area contributed by atoms with Gasteiger partial charge >= 0.3 is 0 Å². The second-order valence-electron chi connectivity index (χ2n) is 19.7. The molecule has 0 fully saturated rings. The van der Waals surface area contributed by atoms with Crippen LogP contribution < -0.4 is 0 Å². The first-order valence-electron chi connectivity index (χ1n) is 24.4. The quantitative estimate of drug-likeness (QED) is 0.138. The van der Waals surface area contributed by atoms with Crippen LogP contribution in [0.1, 0.15) is 137 Å². The van der Waals surface area contributed by atoms with Crippen LogP contribution in [0.5, 0.6) is 0 Å². The van der Waals surface area contributed by atoms with Gasteiger partial charge in [-0.3, -0.25) is 4.98 Å². The summed E-state index contributed by atoms with van der Waals surface area (Å²) in [6.45, 7) is 26.6. The predicted octanol–water partition coefficient (Wildman–Crippen LogP) is 18.6. The third-order valence-corrected chi connectivity index (χ3v) is 12.9. The van der Waals surface area contributed by atoms with Gasteiger partial charge in [-0.15, -0.1) is 0 Å². The van der Waals surface area contributed by atoms with Crippen LogP contribution in [-0.4, -0.2) is 4.98 Å². The molecule has 0 N–H and O–H groups in total. The molecule has 0 spiro atoms. The molecule has 0 bridgehead atoms. The molecular formula is C66H73N. The van der Waals surface area contributed by atoms with E-state index in [-0.39, 0.29) is 10.8 Å². The number of benzene rings is 8. The maximum Gasteiger partial charge on any atom is 0.0372 e. The van der Waals surface area contributed by atoms with E-state index in [1.165, 1.54) is 82.7 Å². The molecule has 11 rings (SSSR count). The molecule has 0 saturated carbocycles. The minimum Gasteiger partial charge on any atom is -0.262 e. The molecule has 0 unspecified atom stereocenters. The van der Waals surface area contributed by atoms with Crippen molar-refractivity contribution in [2.45, 2.75) is 112 Å². The van der Waals surface area contributed by atoms with Gasteiger partial charge in [-0.2, -0.15) is 0 Å². The highest BCUT2D eigenvalue weighted by Gasteiger charge is 2.27. The fourth-order valence-electron chi connectivity index (χ4n) is 9.11. The van der Waals surface area contributed by atoms with Crippen molar-refractivity contribution in [3.8, 4) is 11.1 Å². The first-order chi connectivity index (χ1) is 32.2. The summed E-state index contributed by atoms with van der Waals surface area (Å²) >= 11 is 0. The van der Waals surface area contributed by atoms with E-state index in [1.807, 2.05) is 75.4 Å². The van der Waals surface area contributed by atoms with Gasteiger partial charge in [0.25, 0.3) is 0 Å². The monoisotopic (exact) mass is 880 g/mol. The maximum atomic E-state index is 3.98. The molecule has 9 aromatic rings. The van der Waals surface area contributed by atoms with E-state index in [9.17, 15) is 0 Å². The lowest BCUT2D eigenvalue weighted by molar-refractivity contribution is 0.585. The van der Waals surface area contributed by atoms with Gasteiger partial charge < -0.3 is 0 Å². The first kappa shape index (κ1) is 49.9. The molecule has 0 aliphatic heterocycles. The molecule has 1 aromatic heterocycles. The van der Waals surface area contributed by atoms with E-state index in [4.69, 9.17) is 0 Å². The van der Waals surface area contributed by atoms with Crippen LogP contribution in [0.4, 0.5) is 0 Å². The summed E-state index contributed by atoms with van der Waals surface area (Å²) in [5, 5.41) is 5.39. The zero-order chi connectivity index (χ0) is 48.1. The number of aromatic nitrogens is 1. The highest BCUT2D eigenvalue weighted by molar-refractivity contribution is 6.08. The van der Waals surface area contributed by atoms with E-state index in [1.54, 1.807) is 6.20 Å². The highest BCUT2D eigenvalue weighted by atomic mass is 14.6. The second kappa shape index (κ2) is 22.8. The Morgan fingerprint density at radius 2 is 0.821 bits per heavy atom. The third-order valence-electron chi connectivity index (χ3n) is 12.9. The third kappa shape index (κ3) is 12.5. The Kier molecular flexibility index (Phi) is 16.9. The van der Waals surface area contributed by atoms with E-state index < -0.39 is 0 Å². The van der Waals surface area contributed by atoms with Crippen LogP contribution in [-0.2, 0) is 17.3 Å². The van der Waals surface area contributed by atoms with Crippen LogP contribution in [0.25, 0.3) is 32.7 Å². The van der Waals surface area contributed by atoms with Crippen molar-refractivity contribution in [1.29, 1.82) is 0 Å². The molecule has 0 saturated heterocycles. The molecule has 1 heteroatoms. The number of hydrogen-bond donors (Lipinski definition) is 0. The van der Waals surface area contributed by atoms with Crippen molar-refractivity contribution in [3.05, 3.63) is 256 Å². The standard InChI is InChI=1S/C23H30.C15H12.C14H12.C6H7N.C6H6.C2H6/c1-15-20-13-18(22(2,3)4)10-8-16(20)12-17-9-11-19(14-21(15)17)23(5,6)7;1-11-10-12-6-2-3-8-14(12)15-9-5-4-7-13(11)15;1-10-11-6-2-4-8-13(11)14-9-5-3-7-12(10)14;1-6-4-2-3-5-7-6;1-2-4-6-5-3-1;1-2/h8-11,13-15H,12H2,1-7H3;2-10H,1H3;2-10H,1H3;2-5H,1H3;1-6H;1-2H3. The highest BCUT2D eigenvalue weighted by Crippen LogP contribution is 2.44. The van der Waals surface area contributed by atoms with E-state index >= 15 is 0 Å². The fraction of sp³-hybridized carbons (Fsp3) is 0.258. The van der Waals surface area contributed by atoms with Gasteiger partial charge in [0.05, 0.1) is 0 Å². The zero-order valence-corrected chi connectivity index (χ0v) is 42.4. The Hall–Kier alpha value is -6.57. The number of nitrogens with zero attached hydrogens (tertiary/aromatic N) is 1. The average molecular weight is 880 g/mol. The predicted molar refractivity (Wildman–Crippen MR) is 293 cm³/mol. The molecule has 8 aromatic carbocycles. The molecular weight excluding hydrogens is 807 g/mol. The van der Waals surface area contributed by atoms with Gasteiger partial charge in [-0.1, -0.05) is 251 Å². The maximum absolute atomic E-state index is 3.98. The Morgan fingerprint density at radius 1 is 0.403 bits per heavy atom. The minimum atomic E-state index is 0.211. The van der Waals surface area contributed by atoms with E-state index in [2.05, 4.69) is 207 Å². The van der Waals surface area contributed by atoms with Gasteiger partial charge in [0.1, 0.15) is 0 Å². The lowest BCUT2D eigenvalue weighted by Gasteiger charge is -2.30. The number of fused-ring (bicyclic) bond motifs is 8. The summed E-state index contributed by atoms with van der Waals surface area (Å²) in [6.07, 6.45) is 2.86. The van der Waals surface area contributed by atoms with Gasteiger partial charge in [-0.05, 0) is 126 Å². The first-order valence-corrected chi connectivity index (χ1v) is 24.4. The van der Waals surface area contributed by atoms with Crippen molar-refractivity contribution >= 4 is 21.5 Å². The van der Waals surface area contributed by atoms with Crippen molar-refractivity contribution < 1.29 is 0 Å². The average Bonchev–Trinajstić information content (AvgIpc) is 3.64. The van der Waals surface area contributed by atoms with Crippen LogP contribution in [0.2, 0.25) is 0 Å². The van der Waals surface area contributed by atoms with Crippen molar-refractivity contribution in [2.24, 2.45) is 0 Å². The Morgan fingerprint density at radius 3 is 1.27 bits per heavy atom. The molecule has 0 amide bonds. The number of pyridine rings is 1. The van der Waals surface area contributed by atoms with Gasteiger partial charge in [-0.25, -0.2) is 0 Å². The minimum absolute atomic E-state index is 0.211. The van der Waals surface area contributed by atoms with Crippen molar-refractivity contribution in [1.82, 2.24) is 4.98 Å². The van der Waals surface area contributed by atoms with Gasteiger partial charge in [0.15, 0.2) is 0 Å². The van der Waals surface area contributed by atoms with Crippen LogP contribution in [0, 0.1) is 13.8 Å². The lowest BCUT2D eigenvalue weighted by Crippen LogP contribution is -2.18. The smallest absolute Gasteiger partial charge is 0.0372 e. The molecule has 2 aliphatic rings. The SMILES string of the molecule is CC.CC1c2cc(C(C)(C)C)ccc2Cc2ccc(C(C)(C)C)cc21.CC1c2ccccc2-c2ccccc21.Cc1cc2ccccc2c2ccccc12.Cc1ccccn1.c1ccccc1. The van der Waals surface area contributed by atoms with E-state index in [0.717, 1.165) is 12.1 Å². The molecule has 0 radical (unpaired) electrons. The molecule has 1 heterocycles. The Bertz CT molecular complexity index is 2830. The van der Waals surface area contributed by atoms with Crippen LogP contribution in [0.15, 0.2) is 200 Å². The summed E-state index contributed by atoms with van der Waals surface area (Å²) in [7, 11) is 0. The molecule has 1 nitrogen and oxygen atoms in total. The normalized spacial score (nSPS) is 12.3. The summed E-state index contributed by atoms with van der Waals surface area (Å²) in [5.74, 6) is 1.04. The summed E-state index contributed by atoms with van der Waals surface area (Å²) in [4.78, 5) is 3.98. The lowest BCUT2D eigenvalue weighted by atomic mass is 9.74. The number of aryl methyl sites for hydroxylation is 2. The summed E-state index contributed by atoms with van der Waals surface area (Å²) in [5.41, 5.74) is 17.5. The zero-order valence-electron chi connectivity index (χ0n) is 42.4. The van der Waals surface area contributed by atoms with Crippen molar-refractivity contribution in [3.63, 3.8) is 0 Å². The molecule has 0 atom stereocenters. The van der Waals surface area contributed by atoms with Crippen molar-refractivity contribution in [2.75, 3.05) is 0 Å². The van der Waals surface area contributed by atoms with Gasteiger partial charge in [0, 0.05) is 23.7 Å².